The molecule has 0 fully saturated rings. The number of rotatable bonds is 7. The van der Waals surface area contributed by atoms with Gasteiger partial charge in [0, 0.05) is 37.0 Å². The molecule has 182 valence electrons. The summed E-state index contributed by atoms with van der Waals surface area (Å²) in [6.07, 6.45) is 2.02. The summed E-state index contributed by atoms with van der Waals surface area (Å²) in [5.74, 6) is 0.320. The molecule has 0 atom stereocenters. The van der Waals surface area contributed by atoms with Crippen molar-refractivity contribution in [2.75, 3.05) is 19.4 Å². The first-order chi connectivity index (χ1) is 16.6. The van der Waals surface area contributed by atoms with Gasteiger partial charge in [0.1, 0.15) is 11.5 Å². The zero-order valence-electron chi connectivity index (χ0n) is 19.6. The molecule has 0 aliphatic carbocycles. The second kappa shape index (κ2) is 9.31. The zero-order chi connectivity index (χ0) is 25.3. The number of furan rings is 1. The van der Waals surface area contributed by atoms with Crippen LogP contribution in [-0.4, -0.2) is 52.5 Å². The number of nitrogens with zero attached hydrogens (tertiary/aromatic N) is 4. The number of carbonyl (C=O) groups excluding carboxylic acids is 1. The zero-order valence-corrected chi connectivity index (χ0v) is 20.4. The Morgan fingerprint density at radius 1 is 1.20 bits per heavy atom. The molecule has 4 rings (SSSR count). The molecule has 11 nitrogen and oxygen atoms in total. The predicted octanol–water partition coefficient (Wildman–Crippen LogP) is 2.59. The average molecular weight is 497 g/mol. The highest BCUT2D eigenvalue weighted by Gasteiger charge is 2.20. The molecule has 12 heteroatoms. The van der Waals surface area contributed by atoms with E-state index in [0.29, 0.717) is 29.1 Å². The normalized spacial score (nSPS) is 11.7. The van der Waals surface area contributed by atoms with Crippen molar-refractivity contribution in [2.45, 2.75) is 25.2 Å². The first kappa shape index (κ1) is 24.1. The van der Waals surface area contributed by atoms with Crippen molar-refractivity contribution < 1.29 is 17.6 Å². The number of aryl methyl sites for hydroxylation is 1. The van der Waals surface area contributed by atoms with Gasteiger partial charge in [-0.3, -0.25) is 14.6 Å². The van der Waals surface area contributed by atoms with Crippen LogP contribution in [0.5, 0.6) is 0 Å². The van der Waals surface area contributed by atoms with Gasteiger partial charge in [0.2, 0.25) is 16.0 Å². The van der Waals surface area contributed by atoms with Gasteiger partial charge >= 0.3 is 0 Å². The molecule has 0 spiro atoms. The molecule has 4 aromatic rings. The fourth-order valence-electron chi connectivity index (χ4n) is 3.47. The molecule has 0 unspecified atom stereocenters. The van der Waals surface area contributed by atoms with Crippen LogP contribution in [0.4, 0.5) is 5.82 Å². The van der Waals surface area contributed by atoms with Crippen molar-refractivity contribution in [3.05, 3.63) is 75.9 Å². The van der Waals surface area contributed by atoms with Crippen molar-refractivity contribution >= 4 is 21.7 Å². The van der Waals surface area contributed by atoms with E-state index in [1.54, 1.807) is 25.1 Å². The Morgan fingerprint density at radius 3 is 2.49 bits per heavy atom. The van der Waals surface area contributed by atoms with Gasteiger partial charge in [-0.25, -0.2) is 17.7 Å². The minimum atomic E-state index is -3.62. The summed E-state index contributed by atoms with van der Waals surface area (Å²) < 4.78 is 32.4. The Kier molecular flexibility index (Phi) is 6.41. The van der Waals surface area contributed by atoms with Crippen molar-refractivity contribution in [3.63, 3.8) is 0 Å². The van der Waals surface area contributed by atoms with Gasteiger partial charge in [-0.15, -0.1) is 0 Å². The molecule has 2 N–H and O–H groups in total. The first-order valence-corrected chi connectivity index (χ1v) is 12.1. The number of H-pyrrole nitrogens is 1. The maximum atomic E-state index is 13.0. The maximum absolute atomic E-state index is 13.0. The molecule has 0 saturated heterocycles. The van der Waals surface area contributed by atoms with Crippen LogP contribution in [-0.2, 0) is 16.4 Å². The summed E-state index contributed by atoms with van der Waals surface area (Å²) in [4.78, 5) is 32.8. The number of benzene rings is 1. The highest BCUT2D eigenvalue weighted by Crippen LogP contribution is 2.25. The summed E-state index contributed by atoms with van der Waals surface area (Å²) in [7, 11) is -0.759. The molecule has 0 aliphatic rings. The number of hydrogen-bond acceptors (Lipinski definition) is 7. The third kappa shape index (κ3) is 4.66. The van der Waals surface area contributed by atoms with Gasteiger partial charge in [0.15, 0.2) is 5.76 Å². The summed E-state index contributed by atoms with van der Waals surface area (Å²) in [5.41, 5.74) is 1.47. The molecule has 0 aliphatic heterocycles. The summed E-state index contributed by atoms with van der Waals surface area (Å²) >= 11 is 0. The maximum Gasteiger partial charge on any atom is 0.256 e. The largest absolute Gasteiger partial charge is 0.463 e. The van der Waals surface area contributed by atoms with Crippen LogP contribution in [0, 0.1) is 6.92 Å². The van der Waals surface area contributed by atoms with E-state index in [1.807, 2.05) is 6.92 Å². The average Bonchev–Trinajstić information content (AvgIpc) is 3.49. The number of hydrogen-bond donors (Lipinski definition) is 2. The van der Waals surface area contributed by atoms with Crippen LogP contribution < -0.4 is 10.9 Å². The van der Waals surface area contributed by atoms with Crippen molar-refractivity contribution in [1.82, 2.24) is 24.1 Å². The van der Waals surface area contributed by atoms with E-state index in [-0.39, 0.29) is 27.8 Å². The minimum Gasteiger partial charge on any atom is -0.463 e. The SMILES string of the molecule is CCc1c(C)nc(-n2nc(-c3ccco3)cc2NC(=O)c2ccc(S(=O)(=O)N(C)C)cc2)[nH]c1=O. The Bertz CT molecular complexity index is 1530. The van der Waals surface area contributed by atoms with Gasteiger partial charge in [-0.05, 0) is 49.7 Å². The standard InChI is InChI=1S/C23H24N6O5S/c1-5-17-14(2)24-23(26-22(17)31)29-20(13-18(27-29)19-7-6-12-34-19)25-21(30)15-8-10-16(11-9-15)35(32,33)28(3)4/h6-13H,5H2,1-4H3,(H,25,30)(H,24,26,31). The topological polar surface area (TPSA) is 143 Å². The fraction of sp³-hybridized carbons (Fsp3) is 0.217. The van der Waals surface area contributed by atoms with Crippen LogP contribution in [0.2, 0.25) is 0 Å². The molecule has 3 heterocycles. The fourth-order valence-corrected chi connectivity index (χ4v) is 4.37. The smallest absolute Gasteiger partial charge is 0.256 e. The molecule has 1 amide bonds. The number of amides is 1. The lowest BCUT2D eigenvalue weighted by Crippen LogP contribution is -2.23. The van der Waals surface area contributed by atoms with Gasteiger partial charge in [-0.2, -0.15) is 9.78 Å². The number of sulfonamides is 1. The lowest BCUT2D eigenvalue weighted by atomic mass is 10.2. The third-order valence-electron chi connectivity index (χ3n) is 5.38. The van der Waals surface area contributed by atoms with E-state index in [9.17, 15) is 18.0 Å². The lowest BCUT2D eigenvalue weighted by Gasteiger charge is -2.12. The molecule has 1 aromatic carbocycles. The number of carbonyl (C=O) groups is 1. The van der Waals surface area contributed by atoms with E-state index in [0.717, 1.165) is 4.31 Å². The van der Waals surface area contributed by atoms with E-state index in [1.165, 1.54) is 49.3 Å². The summed E-state index contributed by atoms with van der Waals surface area (Å²) in [6, 6.07) is 10.6. The lowest BCUT2D eigenvalue weighted by molar-refractivity contribution is 0.102. The number of nitrogens with one attached hydrogen (secondary N) is 2. The van der Waals surface area contributed by atoms with Crippen LogP contribution >= 0.6 is 0 Å². The van der Waals surface area contributed by atoms with E-state index < -0.39 is 15.9 Å². The predicted molar refractivity (Wildman–Crippen MR) is 129 cm³/mol. The molecular formula is C23H24N6O5S. The second-order valence-electron chi connectivity index (χ2n) is 7.88. The number of aromatic amines is 1. The van der Waals surface area contributed by atoms with Crippen LogP contribution in [0.25, 0.3) is 17.4 Å². The van der Waals surface area contributed by atoms with Crippen molar-refractivity contribution in [1.29, 1.82) is 0 Å². The van der Waals surface area contributed by atoms with Crippen LogP contribution in [0.1, 0.15) is 28.5 Å². The second-order valence-corrected chi connectivity index (χ2v) is 10.0. The van der Waals surface area contributed by atoms with E-state index in [2.05, 4.69) is 20.4 Å². The van der Waals surface area contributed by atoms with Gasteiger partial charge in [0.25, 0.3) is 11.5 Å². The Labute approximate surface area is 201 Å². The van der Waals surface area contributed by atoms with Gasteiger partial charge < -0.3 is 9.73 Å². The van der Waals surface area contributed by atoms with Crippen LogP contribution in [0.15, 0.2) is 62.8 Å². The van der Waals surface area contributed by atoms with Crippen molar-refractivity contribution in [3.8, 4) is 17.4 Å². The molecule has 0 bridgehead atoms. The quantitative estimate of drug-likeness (QED) is 0.400. The summed E-state index contributed by atoms with van der Waals surface area (Å²) in [6.45, 7) is 3.60. The highest BCUT2D eigenvalue weighted by atomic mass is 32.2. The molecule has 3 aromatic heterocycles. The van der Waals surface area contributed by atoms with Crippen molar-refractivity contribution in [2.24, 2.45) is 0 Å². The Balaban J connectivity index is 1.72. The third-order valence-corrected chi connectivity index (χ3v) is 7.21. The van der Waals surface area contributed by atoms with E-state index in [4.69, 9.17) is 4.42 Å². The Morgan fingerprint density at radius 2 is 1.91 bits per heavy atom. The molecular weight excluding hydrogens is 472 g/mol. The summed E-state index contributed by atoms with van der Waals surface area (Å²) in [5, 5.41) is 7.22. The molecule has 0 radical (unpaired) electrons. The first-order valence-electron chi connectivity index (χ1n) is 10.7. The van der Waals surface area contributed by atoms with E-state index >= 15 is 0 Å². The highest BCUT2D eigenvalue weighted by molar-refractivity contribution is 7.89. The Hall–Kier alpha value is -4.03. The minimum absolute atomic E-state index is 0.0671. The van der Waals surface area contributed by atoms with Gasteiger partial charge in [0.05, 0.1) is 11.2 Å². The van der Waals surface area contributed by atoms with Crippen LogP contribution in [0.3, 0.4) is 0 Å². The monoisotopic (exact) mass is 496 g/mol. The number of anilines is 1. The number of aromatic nitrogens is 4. The molecule has 0 saturated carbocycles. The van der Waals surface area contributed by atoms with Gasteiger partial charge in [-0.1, -0.05) is 6.92 Å². The molecule has 35 heavy (non-hydrogen) atoms.